The van der Waals surface area contributed by atoms with Crippen molar-refractivity contribution in [1.82, 2.24) is 9.78 Å². The van der Waals surface area contributed by atoms with E-state index in [1.165, 1.54) is 10.8 Å². The van der Waals surface area contributed by atoms with Crippen LogP contribution in [0, 0.1) is 17.0 Å². The van der Waals surface area contributed by atoms with E-state index in [0.717, 1.165) is 6.08 Å². The normalized spacial score (nSPS) is 10.8. The molecule has 2 N–H and O–H groups in total. The number of amides is 1. The summed E-state index contributed by atoms with van der Waals surface area (Å²) in [4.78, 5) is 20.5. The molecule has 0 saturated heterocycles. The Morgan fingerprint density at radius 3 is 2.73 bits per heavy atom. The lowest BCUT2D eigenvalue weighted by atomic mass is 10.2. The van der Waals surface area contributed by atoms with Crippen LogP contribution >= 0.6 is 0 Å². The predicted octanol–water partition coefficient (Wildman–Crippen LogP) is 0.135. The zero-order valence-corrected chi connectivity index (χ0v) is 8.30. The molecule has 80 valence electrons. The SMILES string of the molecule is Cc1c(/C=C/C(N)=O)c([N+](=O)[O-])nn1C. The molecule has 0 spiro atoms. The number of aromatic nitrogens is 2. The van der Waals surface area contributed by atoms with Crippen molar-refractivity contribution in [1.29, 1.82) is 0 Å². The van der Waals surface area contributed by atoms with Gasteiger partial charge < -0.3 is 15.8 Å². The smallest absolute Gasteiger partial charge is 0.366 e. The van der Waals surface area contributed by atoms with Gasteiger partial charge in [0.25, 0.3) is 0 Å². The first kappa shape index (κ1) is 10.9. The first-order valence-electron chi connectivity index (χ1n) is 4.09. The number of nitro groups is 1. The summed E-state index contributed by atoms with van der Waals surface area (Å²) in [6.45, 7) is 1.67. The van der Waals surface area contributed by atoms with Crippen LogP contribution in [0.15, 0.2) is 6.08 Å². The number of hydrogen-bond donors (Lipinski definition) is 1. The van der Waals surface area contributed by atoms with Gasteiger partial charge in [-0.1, -0.05) is 0 Å². The van der Waals surface area contributed by atoms with Crippen LogP contribution in [0.5, 0.6) is 0 Å². The van der Waals surface area contributed by atoms with Crippen molar-refractivity contribution in [2.45, 2.75) is 6.92 Å². The molecule has 0 fully saturated rings. The summed E-state index contributed by atoms with van der Waals surface area (Å²) in [5, 5.41) is 14.3. The number of hydrogen-bond acceptors (Lipinski definition) is 4. The maximum Gasteiger partial charge on any atom is 0.397 e. The monoisotopic (exact) mass is 210 g/mol. The second-order valence-corrected chi connectivity index (χ2v) is 2.94. The van der Waals surface area contributed by atoms with E-state index >= 15 is 0 Å². The Morgan fingerprint density at radius 2 is 2.27 bits per heavy atom. The molecule has 0 radical (unpaired) electrons. The van der Waals surface area contributed by atoms with Crippen LogP contribution in [-0.4, -0.2) is 20.6 Å². The molecule has 15 heavy (non-hydrogen) atoms. The second kappa shape index (κ2) is 3.91. The van der Waals surface area contributed by atoms with Gasteiger partial charge in [0, 0.05) is 6.08 Å². The summed E-state index contributed by atoms with van der Waals surface area (Å²) < 4.78 is 1.37. The average Bonchev–Trinajstić information content (AvgIpc) is 2.41. The van der Waals surface area contributed by atoms with Crippen molar-refractivity contribution in [3.8, 4) is 0 Å². The summed E-state index contributed by atoms with van der Waals surface area (Å²) in [5.74, 6) is -0.944. The number of nitrogens with zero attached hydrogens (tertiary/aromatic N) is 3. The van der Waals surface area contributed by atoms with Gasteiger partial charge in [0.15, 0.2) is 0 Å². The van der Waals surface area contributed by atoms with E-state index in [2.05, 4.69) is 5.10 Å². The van der Waals surface area contributed by atoms with E-state index in [4.69, 9.17) is 5.73 Å². The molecule has 0 aliphatic rings. The molecule has 7 nitrogen and oxygen atoms in total. The summed E-state index contributed by atoms with van der Waals surface area (Å²) in [5.41, 5.74) is 5.79. The summed E-state index contributed by atoms with van der Waals surface area (Å²) in [6, 6.07) is 0. The first-order valence-corrected chi connectivity index (χ1v) is 4.09. The molecule has 7 heteroatoms. The van der Waals surface area contributed by atoms with Crippen LogP contribution in [0.1, 0.15) is 11.3 Å². The van der Waals surface area contributed by atoms with E-state index < -0.39 is 10.8 Å². The first-order chi connectivity index (χ1) is 6.93. The number of primary amides is 1. The van der Waals surface area contributed by atoms with E-state index in [-0.39, 0.29) is 5.82 Å². The van der Waals surface area contributed by atoms with Gasteiger partial charge in [-0.15, -0.1) is 0 Å². The summed E-state index contributed by atoms with van der Waals surface area (Å²) in [6.07, 6.45) is 2.36. The lowest BCUT2D eigenvalue weighted by Gasteiger charge is -1.91. The van der Waals surface area contributed by atoms with Crippen molar-refractivity contribution in [2.75, 3.05) is 0 Å². The van der Waals surface area contributed by atoms with Crippen molar-refractivity contribution in [2.24, 2.45) is 12.8 Å². The van der Waals surface area contributed by atoms with Gasteiger partial charge >= 0.3 is 5.82 Å². The summed E-state index contributed by atoms with van der Waals surface area (Å²) in [7, 11) is 1.59. The largest absolute Gasteiger partial charge is 0.397 e. The number of aryl methyl sites for hydroxylation is 1. The highest BCUT2D eigenvalue weighted by molar-refractivity contribution is 5.91. The molecule has 0 atom stereocenters. The molecule has 0 aromatic carbocycles. The van der Waals surface area contributed by atoms with Gasteiger partial charge in [-0.25, -0.2) is 0 Å². The minimum Gasteiger partial charge on any atom is -0.366 e. The van der Waals surface area contributed by atoms with Gasteiger partial charge in [-0.3, -0.25) is 4.79 Å². The molecule has 0 aliphatic carbocycles. The zero-order chi connectivity index (χ0) is 11.6. The third-order valence-corrected chi connectivity index (χ3v) is 1.95. The molecule has 1 amide bonds. The molecule has 0 bridgehead atoms. The van der Waals surface area contributed by atoms with Crippen LogP contribution in [0.25, 0.3) is 6.08 Å². The maximum absolute atomic E-state index is 10.6. The fourth-order valence-corrected chi connectivity index (χ4v) is 1.10. The van der Waals surface area contributed by atoms with Crippen LogP contribution in [-0.2, 0) is 11.8 Å². The van der Waals surface area contributed by atoms with Crippen LogP contribution < -0.4 is 5.73 Å². The highest BCUT2D eigenvalue weighted by Gasteiger charge is 2.21. The van der Waals surface area contributed by atoms with Crippen LogP contribution in [0.2, 0.25) is 0 Å². The van der Waals surface area contributed by atoms with Gasteiger partial charge in [0.2, 0.25) is 5.91 Å². The highest BCUT2D eigenvalue weighted by atomic mass is 16.6. The Kier molecular flexibility index (Phi) is 2.84. The van der Waals surface area contributed by atoms with Crippen molar-refractivity contribution in [3.05, 3.63) is 27.4 Å². The molecular weight excluding hydrogens is 200 g/mol. The predicted molar refractivity (Wildman–Crippen MR) is 52.8 cm³/mol. The lowest BCUT2D eigenvalue weighted by Crippen LogP contribution is -2.05. The Bertz CT molecular complexity index is 447. The number of carbonyl (C=O) groups is 1. The quantitative estimate of drug-likeness (QED) is 0.435. The van der Waals surface area contributed by atoms with Crippen molar-refractivity contribution >= 4 is 17.8 Å². The molecule has 1 aromatic heterocycles. The Labute approximate surface area is 85.3 Å². The Morgan fingerprint density at radius 1 is 1.67 bits per heavy atom. The van der Waals surface area contributed by atoms with Crippen molar-refractivity contribution < 1.29 is 9.72 Å². The van der Waals surface area contributed by atoms with Crippen molar-refractivity contribution in [3.63, 3.8) is 0 Å². The van der Waals surface area contributed by atoms with Gasteiger partial charge in [0.05, 0.1) is 23.4 Å². The minimum absolute atomic E-state index is 0.285. The van der Waals surface area contributed by atoms with Gasteiger partial charge in [0.1, 0.15) is 0 Å². The number of nitrogens with two attached hydrogens (primary N) is 1. The lowest BCUT2D eigenvalue weighted by molar-refractivity contribution is -0.390. The topological polar surface area (TPSA) is 104 Å². The van der Waals surface area contributed by atoms with E-state index in [9.17, 15) is 14.9 Å². The highest BCUT2D eigenvalue weighted by Crippen LogP contribution is 2.21. The van der Waals surface area contributed by atoms with Crippen LogP contribution in [0.3, 0.4) is 0 Å². The third kappa shape index (κ3) is 2.19. The molecule has 0 unspecified atom stereocenters. The minimum atomic E-state index is -0.660. The van der Waals surface area contributed by atoms with Crippen LogP contribution in [0.4, 0.5) is 5.82 Å². The molecule has 1 rings (SSSR count). The number of rotatable bonds is 3. The fourth-order valence-electron chi connectivity index (χ4n) is 1.10. The number of carbonyl (C=O) groups excluding carboxylic acids is 1. The molecular formula is C8H10N4O3. The average molecular weight is 210 g/mol. The third-order valence-electron chi connectivity index (χ3n) is 1.95. The van der Waals surface area contributed by atoms with E-state index in [0.29, 0.717) is 11.3 Å². The standard InChI is InChI=1S/C8H10N4O3/c1-5-6(3-4-7(9)13)8(12(14)15)10-11(5)2/h3-4H,1-2H3,(H2,9,13)/b4-3+. The Hall–Kier alpha value is -2.18. The van der Waals surface area contributed by atoms with E-state index in [1.54, 1.807) is 14.0 Å². The second-order valence-electron chi connectivity index (χ2n) is 2.94. The van der Waals surface area contributed by atoms with Gasteiger partial charge in [-0.2, -0.15) is 4.68 Å². The van der Waals surface area contributed by atoms with E-state index in [1.807, 2.05) is 0 Å². The molecule has 0 aliphatic heterocycles. The fraction of sp³-hybridized carbons (Fsp3) is 0.250. The van der Waals surface area contributed by atoms with Gasteiger partial charge in [-0.05, 0) is 17.9 Å². The molecule has 1 aromatic rings. The maximum atomic E-state index is 10.6. The summed E-state index contributed by atoms with van der Waals surface area (Å²) >= 11 is 0. The Balaban J connectivity index is 3.25. The molecule has 1 heterocycles. The molecule has 0 saturated carbocycles. The zero-order valence-electron chi connectivity index (χ0n) is 8.30.